The van der Waals surface area contributed by atoms with Crippen molar-refractivity contribution >= 4 is 29.0 Å². The molecular formula is C15H15ClFN3O. The summed E-state index contributed by atoms with van der Waals surface area (Å²) in [6.45, 7) is 2.01. The Kier molecular flexibility index (Phi) is 4.75. The monoisotopic (exact) mass is 307 g/mol. The number of benzene rings is 1. The summed E-state index contributed by atoms with van der Waals surface area (Å²) in [5, 5.41) is 2.82. The number of nitrogens with zero attached hydrogens (tertiary/aromatic N) is 1. The summed E-state index contributed by atoms with van der Waals surface area (Å²) >= 11 is 5.79. The minimum atomic E-state index is -0.552. The van der Waals surface area contributed by atoms with Crippen LogP contribution in [0.4, 0.5) is 15.9 Å². The predicted molar refractivity (Wildman–Crippen MR) is 82.0 cm³/mol. The van der Waals surface area contributed by atoms with Crippen LogP contribution >= 0.6 is 11.6 Å². The van der Waals surface area contributed by atoms with Gasteiger partial charge in [0.2, 0.25) is 0 Å². The highest BCUT2D eigenvalue weighted by molar-refractivity contribution is 6.31. The van der Waals surface area contributed by atoms with E-state index in [9.17, 15) is 9.18 Å². The van der Waals surface area contributed by atoms with E-state index < -0.39 is 11.7 Å². The third kappa shape index (κ3) is 3.92. The summed E-state index contributed by atoms with van der Waals surface area (Å²) in [6, 6.07) is 7.07. The van der Waals surface area contributed by atoms with Crippen LogP contribution in [0.3, 0.4) is 0 Å². The minimum absolute atomic E-state index is 0.0277. The van der Waals surface area contributed by atoms with E-state index in [4.69, 9.17) is 17.3 Å². The van der Waals surface area contributed by atoms with E-state index in [1.54, 1.807) is 6.07 Å². The molecule has 21 heavy (non-hydrogen) atoms. The van der Waals surface area contributed by atoms with E-state index in [2.05, 4.69) is 10.3 Å². The number of nitrogens with two attached hydrogens (primary N) is 1. The first-order chi connectivity index (χ1) is 9.99. The van der Waals surface area contributed by atoms with Crippen LogP contribution in [0.5, 0.6) is 0 Å². The highest BCUT2D eigenvalue weighted by Gasteiger charge is 2.12. The maximum Gasteiger partial charge on any atom is 0.255 e. The van der Waals surface area contributed by atoms with Crippen molar-refractivity contribution in [3.05, 3.63) is 52.4 Å². The van der Waals surface area contributed by atoms with Crippen molar-refractivity contribution in [2.24, 2.45) is 0 Å². The fourth-order valence-electron chi connectivity index (χ4n) is 1.91. The first-order valence-electron chi connectivity index (χ1n) is 6.52. The Morgan fingerprint density at radius 3 is 2.86 bits per heavy atom. The largest absolute Gasteiger partial charge is 0.384 e. The zero-order chi connectivity index (χ0) is 15.4. The minimum Gasteiger partial charge on any atom is -0.384 e. The SMILES string of the molecule is CCCc1cc(C(=O)Nc2cc(Cl)ccc2F)cc(N)n1. The van der Waals surface area contributed by atoms with E-state index in [0.29, 0.717) is 10.6 Å². The van der Waals surface area contributed by atoms with Crippen molar-refractivity contribution in [3.8, 4) is 0 Å². The number of amides is 1. The smallest absolute Gasteiger partial charge is 0.255 e. The highest BCUT2D eigenvalue weighted by atomic mass is 35.5. The zero-order valence-electron chi connectivity index (χ0n) is 11.5. The third-order valence-electron chi connectivity index (χ3n) is 2.84. The molecular weight excluding hydrogens is 293 g/mol. The molecule has 1 heterocycles. The van der Waals surface area contributed by atoms with Crippen molar-refractivity contribution in [1.82, 2.24) is 4.98 Å². The molecule has 1 amide bonds. The predicted octanol–water partition coefficient (Wildman–Crippen LogP) is 3.66. The van der Waals surface area contributed by atoms with Gasteiger partial charge < -0.3 is 11.1 Å². The number of nitrogen functional groups attached to an aromatic ring is 1. The molecule has 3 N–H and O–H groups in total. The Morgan fingerprint density at radius 2 is 2.14 bits per heavy atom. The van der Waals surface area contributed by atoms with Gasteiger partial charge in [0.15, 0.2) is 0 Å². The Labute approximate surface area is 127 Å². The Bertz CT molecular complexity index is 676. The molecule has 0 spiro atoms. The lowest BCUT2D eigenvalue weighted by molar-refractivity contribution is 0.102. The molecule has 0 atom stereocenters. The van der Waals surface area contributed by atoms with Gasteiger partial charge in [0.1, 0.15) is 11.6 Å². The molecule has 1 aromatic heterocycles. The second-order valence-electron chi connectivity index (χ2n) is 4.60. The summed E-state index contributed by atoms with van der Waals surface area (Å²) in [5.41, 5.74) is 6.79. The van der Waals surface area contributed by atoms with E-state index in [-0.39, 0.29) is 11.5 Å². The zero-order valence-corrected chi connectivity index (χ0v) is 12.2. The number of halogens is 2. The summed E-state index contributed by atoms with van der Waals surface area (Å²) in [5.74, 6) is -0.746. The summed E-state index contributed by atoms with van der Waals surface area (Å²) in [4.78, 5) is 16.3. The van der Waals surface area contributed by atoms with Crippen LogP contribution in [0.15, 0.2) is 30.3 Å². The van der Waals surface area contributed by atoms with E-state index in [1.807, 2.05) is 6.92 Å². The molecule has 0 radical (unpaired) electrons. The lowest BCUT2D eigenvalue weighted by Gasteiger charge is -2.09. The normalized spacial score (nSPS) is 10.4. The molecule has 0 aliphatic heterocycles. The number of carbonyl (C=O) groups is 1. The van der Waals surface area contributed by atoms with Gasteiger partial charge in [-0.15, -0.1) is 0 Å². The molecule has 110 valence electrons. The van der Waals surface area contributed by atoms with Crippen LogP contribution < -0.4 is 11.1 Å². The molecule has 0 fully saturated rings. The fourth-order valence-corrected chi connectivity index (χ4v) is 2.09. The molecule has 0 saturated carbocycles. The van der Waals surface area contributed by atoms with Crippen LogP contribution in [0, 0.1) is 5.82 Å². The topological polar surface area (TPSA) is 68.0 Å². The number of anilines is 2. The molecule has 2 aromatic rings. The van der Waals surface area contributed by atoms with Gasteiger partial charge in [-0.25, -0.2) is 9.37 Å². The first kappa shape index (κ1) is 15.3. The molecule has 0 aliphatic carbocycles. The van der Waals surface area contributed by atoms with Crippen LogP contribution in [-0.4, -0.2) is 10.9 Å². The summed E-state index contributed by atoms with van der Waals surface area (Å²) in [7, 11) is 0. The number of rotatable bonds is 4. The molecule has 0 unspecified atom stereocenters. The quantitative estimate of drug-likeness (QED) is 0.905. The van der Waals surface area contributed by atoms with E-state index in [1.165, 1.54) is 24.3 Å². The third-order valence-corrected chi connectivity index (χ3v) is 3.08. The van der Waals surface area contributed by atoms with Crippen molar-refractivity contribution in [3.63, 3.8) is 0 Å². The van der Waals surface area contributed by atoms with Crippen LogP contribution in [0.25, 0.3) is 0 Å². The van der Waals surface area contributed by atoms with Crippen LogP contribution in [0.2, 0.25) is 5.02 Å². The van der Waals surface area contributed by atoms with Crippen LogP contribution in [0.1, 0.15) is 29.4 Å². The van der Waals surface area contributed by atoms with Gasteiger partial charge in [0.05, 0.1) is 5.69 Å². The maximum absolute atomic E-state index is 13.6. The highest BCUT2D eigenvalue weighted by Crippen LogP contribution is 2.20. The van der Waals surface area contributed by atoms with Gasteiger partial charge in [-0.2, -0.15) is 0 Å². The van der Waals surface area contributed by atoms with Gasteiger partial charge in [-0.05, 0) is 36.8 Å². The van der Waals surface area contributed by atoms with Gasteiger partial charge in [0, 0.05) is 16.3 Å². The lowest BCUT2D eigenvalue weighted by atomic mass is 10.1. The number of pyridine rings is 1. The van der Waals surface area contributed by atoms with E-state index in [0.717, 1.165) is 18.5 Å². The number of hydrogen-bond acceptors (Lipinski definition) is 3. The Hall–Kier alpha value is -2.14. The van der Waals surface area contributed by atoms with Crippen molar-refractivity contribution in [2.75, 3.05) is 11.1 Å². The van der Waals surface area contributed by atoms with Gasteiger partial charge in [-0.3, -0.25) is 4.79 Å². The summed E-state index contributed by atoms with van der Waals surface area (Å²) < 4.78 is 13.6. The summed E-state index contributed by atoms with van der Waals surface area (Å²) in [6.07, 6.45) is 1.61. The molecule has 0 aliphatic rings. The molecule has 0 bridgehead atoms. The van der Waals surface area contributed by atoms with Crippen LogP contribution in [-0.2, 0) is 6.42 Å². The number of aromatic nitrogens is 1. The molecule has 0 saturated heterocycles. The second-order valence-corrected chi connectivity index (χ2v) is 5.04. The van der Waals surface area contributed by atoms with Crippen molar-refractivity contribution in [2.45, 2.75) is 19.8 Å². The maximum atomic E-state index is 13.6. The number of carbonyl (C=O) groups excluding carboxylic acids is 1. The number of aryl methyl sites for hydroxylation is 1. The first-order valence-corrected chi connectivity index (χ1v) is 6.90. The lowest BCUT2D eigenvalue weighted by Crippen LogP contribution is -2.14. The van der Waals surface area contributed by atoms with Gasteiger partial charge in [0.25, 0.3) is 5.91 Å². The molecule has 4 nitrogen and oxygen atoms in total. The average Bonchev–Trinajstić information content (AvgIpc) is 2.42. The Balaban J connectivity index is 2.25. The molecule has 6 heteroatoms. The second kappa shape index (κ2) is 6.54. The fraction of sp³-hybridized carbons (Fsp3) is 0.200. The van der Waals surface area contributed by atoms with Crippen molar-refractivity contribution < 1.29 is 9.18 Å². The molecule has 1 aromatic carbocycles. The Morgan fingerprint density at radius 1 is 1.38 bits per heavy atom. The van der Waals surface area contributed by atoms with Gasteiger partial charge >= 0.3 is 0 Å². The van der Waals surface area contributed by atoms with Gasteiger partial charge in [-0.1, -0.05) is 24.9 Å². The number of hydrogen-bond donors (Lipinski definition) is 2. The van der Waals surface area contributed by atoms with Crippen molar-refractivity contribution in [1.29, 1.82) is 0 Å². The standard InChI is InChI=1S/C15H15ClFN3O/c1-2-3-11-6-9(7-14(18)19-11)15(21)20-13-8-10(16)4-5-12(13)17/h4-8H,2-3H2,1H3,(H2,18,19)(H,20,21). The average molecular weight is 308 g/mol. The molecule has 2 rings (SSSR count). The number of nitrogens with one attached hydrogen (secondary N) is 1. The van der Waals surface area contributed by atoms with E-state index >= 15 is 0 Å².